The fraction of sp³-hybridized carbons (Fsp3) is 0.571. The molecule has 1 aromatic carbocycles. The van der Waals surface area contributed by atoms with Gasteiger partial charge in [-0.3, -0.25) is 4.90 Å². The summed E-state index contributed by atoms with van der Waals surface area (Å²) in [5.74, 6) is 0.696. The number of piperidine rings is 1. The molecule has 0 amide bonds. The number of fused-ring (bicyclic) bond motifs is 2. The van der Waals surface area contributed by atoms with Crippen molar-refractivity contribution in [2.45, 2.75) is 31.3 Å². The van der Waals surface area contributed by atoms with E-state index in [1.807, 2.05) is 12.1 Å². The number of rotatable bonds is 3. The van der Waals surface area contributed by atoms with Gasteiger partial charge in [-0.2, -0.15) is 0 Å². The largest absolute Gasteiger partial charge is 0.329 e. The average Bonchev–Trinajstić information content (AvgIpc) is 2.95. The summed E-state index contributed by atoms with van der Waals surface area (Å²) in [4.78, 5) is 2.53. The highest BCUT2D eigenvalue weighted by Gasteiger charge is 2.40. The average molecular weight is 234 g/mol. The molecule has 3 rings (SSSR count). The minimum atomic E-state index is -0.174. The van der Waals surface area contributed by atoms with Crippen LogP contribution in [0.1, 0.15) is 30.9 Å². The van der Waals surface area contributed by atoms with Crippen molar-refractivity contribution in [1.29, 1.82) is 0 Å². The fourth-order valence-electron chi connectivity index (χ4n) is 3.49. The number of halogens is 1. The number of hydrogen-bond donors (Lipinski definition) is 1. The second-order valence-electron chi connectivity index (χ2n) is 5.33. The van der Waals surface area contributed by atoms with E-state index >= 15 is 0 Å². The third-order valence-corrected chi connectivity index (χ3v) is 4.33. The Morgan fingerprint density at radius 3 is 2.59 bits per heavy atom. The Kier molecular flexibility index (Phi) is 2.89. The van der Waals surface area contributed by atoms with Gasteiger partial charge in [-0.1, -0.05) is 12.1 Å². The van der Waals surface area contributed by atoms with Gasteiger partial charge in [0.15, 0.2) is 0 Å². The van der Waals surface area contributed by atoms with Gasteiger partial charge in [0.1, 0.15) is 5.82 Å². The van der Waals surface area contributed by atoms with Crippen LogP contribution < -0.4 is 5.73 Å². The first kappa shape index (κ1) is 11.2. The molecule has 2 fully saturated rings. The normalized spacial score (nSPS) is 29.8. The summed E-state index contributed by atoms with van der Waals surface area (Å²) in [5.41, 5.74) is 7.07. The van der Waals surface area contributed by atoms with E-state index in [-0.39, 0.29) is 11.9 Å². The molecule has 1 aliphatic carbocycles. The van der Waals surface area contributed by atoms with Crippen molar-refractivity contribution < 1.29 is 4.39 Å². The van der Waals surface area contributed by atoms with Gasteiger partial charge in [0, 0.05) is 25.2 Å². The van der Waals surface area contributed by atoms with Crippen molar-refractivity contribution in [3.8, 4) is 0 Å². The van der Waals surface area contributed by atoms with Crippen LogP contribution in [0.2, 0.25) is 0 Å². The van der Waals surface area contributed by atoms with Gasteiger partial charge >= 0.3 is 0 Å². The lowest BCUT2D eigenvalue weighted by molar-refractivity contribution is 0.153. The highest BCUT2D eigenvalue weighted by atomic mass is 19.1. The molecule has 0 radical (unpaired) electrons. The first-order valence-electron chi connectivity index (χ1n) is 6.49. The molecule has 1 saturated heterocycles. The second-order valence-corrected chi connectivity index (χ2v) is 5.33. The maximum atomic E-state index is 12.9. The van der Waals surface area contributed by atoms with Gasteiger partial charge in [0.25, 0.3) is 0 Å². The molecule has 2 N–H and O–H groups in total. The molecule has 3 unspecified atom stereocenters. The fourth-order valence-corrected chi connectivity index (χ4v) is 3.49. The first-order valence-corrected chi connectivity index (χ1v) is 6.49. The van der Waals surface area contributed by atoms with Gasteiger partial charge in [0.05, 0.1) is 0 Å². The van der Waals surface area contributed by atoms with E-state index < -0.39 is 0 Å². The minimum absolute atomic E-state index is 0.174. The van der Waals surface area contributed by atoms with E-state index in [0.717, 1.165) is 11.5 Å². The summed E-state index contributed by atoms with van der Waals surface area (Å²) in [6, 6.07) is 7.79. The van der Waals surface area contributed by atoms with E-state index in [4.69, 9.17) is 5.73 Å². The molecular formula is C14H19FN2. The monoisotopic (exact) mass is 234 g/mol. The molecular weight excluding hydrogens is 215 g/mol. The Balaban J connectivity index is 1.81. The molecule has 17 heavy (non-hydrogen) atoms. The standard InChI is InChI=1S/C14H19FN2/c15-12-4-2-11(3-5-12)14(8-16)17-9-10-1-6-13(17)7-10/h2-5,10,13-14H,1,6-9,16H2. The molecule has 3 heteroatoms. The molecule has 2 aliphatic rings. The zero-order valence-corrected chi connectivity index (χ0v) is 9.98. The molecule has 0 spiro atoms. The molecule has 92 valence electrons. The van der Waals surface area contributed by atoms with Crippen LogP contribution in [0, 0.1) is 11.7 Å². The van der Waals surface area contributed by atoms with Crippen LogP contribution >= 0.6 is 0 Å². The highest BCUT2D eigenvalue weighted by molar-refractivity contribution is 5.21. The maximum Gasteiger partial charge on any atom is 0.123 e. The van der Waals surface area contributed by atoms with E-state index in [9.17, 15) is 4.39 Å². The lowest BCUT2D eigenvalue weighted by Crippen LogP contribution is -2.39. The molecule has 3 atom stereocenters. The summed E-state index contributed by atoms with van der Waals surface area (Å²) in [6.45, 7) is 1.79. The Bertz CT molecular complexity index is 390. The molecule has 2 bridgehead atoms. The van der Waals surface area contributed by atoms with E-state index in [2.05, 4.69) is 4.90 Å². The Morgan fingerprint density at radius 2 is 2.06 bits per heavy atom. The Labute approximate surface area is 102 Å². The molecule has 1 saturated carbocycles. The molecule has 1 heterocycles. The summed E-state index contributed by atoms with van der Waals surface area (Å²) < 4.78 is 12.9. The van der Waals surface area contributed by atoms with E-state index in [0.29, 0.717) is 12.6 Å². The summed E-state index contributed by atoms with van der Waals surface area (Å²) >= 11 is 0. The van der Waals surface area contributed by atoms with Crippen LogP contribution in [0.5, 0.6) is 0 Å². The molecule has 1 aliphatic heterocycles. The van der Waals surface area contributed by atoms with Crippen LogP contribution in [-0.2, 0) is 0 Å². The smallest absolute Gasteiger partial charge is 0.123 e. The van der Waals surface area contributed by atoms with Crippen molar-refractivity contribution in [1.82, 2.24) is 4.90 Å². The van der Waals surface area contributed by atoms with E-state index in [1.54, 1.807) is 0 Å². The van der Waals surface area contributed by atoms with Gasteiger partial charge < -0.3 is 5.73 Å². The van der Waals surface area contributed by atoms with Crippen LogP contribution in [0.15, 0.2) is 24.3 Å². The van der Waals surface area contributed by atoms with Crippen LogP contribution in [0.4, 0.5) is 4.39 Å². The van der Waals surface area contributed by atoms with Gasteiger partial charge in [0.2, 0.25) is 0 Å². The first-order chi connectivity index (χ1) is 8.28. The summed E-state index contributed by atoms with van der Waals surface area (Å²) in [5, 5.41) is 0. The molecule has 0 aromatic heterocycles. The van der Waals surface area contributed by atoms with E-state index in [1.165, 1.54) is 37.9 Å². The minimum Gasteiger partial charge on any atom is -0.329 e. The topological polar surface area (TPSA) is 29.3 Å². The van der Waals surface area contributed by atoms with Crippen molar-refractivity contribution >= 4 is 0 Å². The number of nitrogens with zero attached hydrogens (tertiary/aromatic N) is 1. The predicted molar refractivity (Wildman–Crippen MR) is 66.0 cm³/mol. The summed E-state index contributed by atoms with van der Waals surface area (Å²) in [6.07, 6.45) is 4.02. The quantitative estimate of drug-likeness (QED) is 0.869. The van der Waals surface area contributed by atoms with Crippen molar-refractivity contribution in [3.63, 3.8) is 0 Å². The molecule has 2 nitrogen and oxygen atoms in total. The van der Waals surface area contributed by atoms with Crippen LogP contribution in [0.25, 0.3) is 0 Å². The maximum absolute atomic E-state index is 12.9. The SMILES string of the molecule is NCC(c1ccc(F)cc1)N1CC2CCC1C2. The van der Waals surface area contributed by atoms with Gasteiger partial charge in [-0.05, 0) is 42.9 Å². The predicted octanol–water partition coefficient (Wildman–Crippen LogP) is 2.31. The zero-order chi connectivity index (χ0) is 11.8. The second kappa shape index (κ2) is 4.39. The third kappa shape index (κ3) is 1.98. The number of nitrogens with two attached hydrogens (primary N) is 1. The number of hydrogen-bond acceptors (Lipinski definition) is 2. The van der Waals surface area contributed by atoms with Crippen molar-refractivity contribution in [2.75, 3.05) is 13.1 Å². The Hall–Kier alpha value is -0.930. The number of likely N-dealkylation sites (tertiary alicyclic amines) is 1. The molecule has 1 aromatic rings. The lowest BCUT2D eigenvalue weighted by atomic mass is 10.0. The third-order valence-electron chi connectivity index (χ3n) is 4.33. The lowest BCUT2D eigenvalue weighted by Gasteiger charge is -2.34. The summed E-state index contributed by atoms with van der Waals surface area (Å²) in [7, 11) is 0. The Morgan fingerprint density at radius 1 is 1.29 bits per heavy atom. The zero-order valence-electron chi connectivity index (χ0n) is 9.98. The number of benzene rings is 1. The van der Waals surface area contributed by atoms with Gasteiger partial charge in [-0.15, -0.1) is 0 Å². The van der Waals surface area contributed by atoms with Gasteiger partial charge in [-0.25, -0.2) is 4.39 Å². The van der Waals surface area contributed by atoms with Crippen LogP contribution in [0.3, 0.4) is 0 Å². The van der Waals surface area contributed by atoms with Crippen LogP contribution in [-0.4, -0.2) is 24.0 Å². The van der Waals surface area contributed by atoms with Crippen molar-refractivity contribution in [3.05, 3.63) is 35.6 Å². The van der Waals surface area contributed by atoms with Crippen molar-refractivity contribution in [2.24, 2.45) is 11.7 Å². The highest BCUT2D eigenvalue weighted by Crippen LogP contribution is 2.41.